The summed E-state index contributed by atoms with van der Waals surface area (Å²) in [4.78, 5) is 18.7. The number of benzene rings is 1. The number of nitrogens with one attached hydrogen (secondary N) is 2. The molecule has 128 valence electrons. The van der Waals surface area contributed by atoms with Crippen LogP contribution in [0.15, 0.2) is 36.5 Å². The Morgan fingerprint density at radius 3 is 2.54 bits per heavy atom. The molecular weight excluding hydrogens is 300 g/mol. The zero-order valence-electron chi connectivity index (χ0n) is 14.9. The first-order chi connectivity index (χ1) is 11.5. The molecule has 0 saturated carbocycles. The van der Waals surface area contributed by atoms with Crippen LogP contribution in [0.1, 0.15) is 27.9 Å². The van der Waals surface area contributed by atoms with Crippen LogP contribution >= 0.6 is 0 Å². The van der Waals surface area contributed by atoms with Gasteiger partial charge < -0.3 is 15.5 Å². The first-order valence-corrected chi connectivity index (χ1v) is 8.19. The zero-order chi connectivity index (χ0) is 17.5. The second-order valence-corrected chi connectivity index (χ2v) is 6.27. The average molecular weight is 326 g/mol. The molecule has 0 spiro atoms. The van der Waals surface area contributed by atoms with Crippen molar-refractivity contribution in [3.63, 3.8) is 0 Å². The molecule has 2 rings (SSSR count). The van der Waals surface area contributed by atoms with Gasteiger partial charge in [-0.3, -0.25) is 4.79 Å². The third kappa shape index (κ3) is 5.35. The SMILES string of the molecule is Cc1ccc(NC(=O)c2ccc(NCCCN(C)C)nc2)cc1C. The summed E-state index contributed by atoms with van der Waals surface area (Å²) in [5.41, 5.74) is 3.71. The highest BCUT2D eigenvalue weighted by Gasteiger charge is 2.07. The van der Waals surface area contributed by atoms with Crippen molar-refractivity contribution in [2.24, 2.45) is 0 Å². The molecule has 1 amide bonds. The molecule has 0 fully saturated rings. The summed E-state index contributed by atoms with van der Waals surface area (Å²) < 4.78 is 0. The monoisotopic (exact) mass is 326 g/mol. The lowest BCUT2D eigenvalue weighted by Gasteiger charge is -2.11. The molecule has 2 aromatic rings. The van der Waals surface area contributed by atoms with E-state index in [-0.39, 0.29) is 5.91 Å². The van der Waals surface area contributed by atoms with E-state index >= 15 is 0 Å². The van der Waals surface area contributed by atoms with E-state index in [9.17, 15) is 4.79 Å². The number of pyridine rings is 1. The van der Waals surface area contributed by atoms with E-state index in [0.717, 1.165) is 36.6 Å². The fourth-order valence-corrected chi connectivity index (χ4v) is 2.27. The van der Waals surface area contributed by atoms with Crippen molar-refractivity contribution in [3.05, 3.63) is 53.2 Å². The molecule has 5 nitrogen and oxygen atoms in total. The summed E-state index contributed by atoms with van der Waals surface area (Å²) in [7, 11) is 4.11. The summed E-state index contributed by atoms with van der Waals surface area (Å²) in [6, 6.07) is 9.52. The van der Waals surface area contributed by atoms with Crippen LogP contribution in [-0.2, 0) is 0 Å². The Balaban J connectivity index is 1.89. The van der Waals surface area contributed by atoms with Gasteiger partial charge >= 0.3 is 0 Å². The number of carbonyl (C=O) groups is 1. The van der Waals surface area contributed by atoms with E-state index in [1.165, 1.54) is 5.56 Å². The quantitative estimate of drug-likeness (QED) is 0.767. The predicted molar refractivity (Wildman–Crippen MR) is 99.8 cm³/mol. The Bertz CT molecular complexity index is 680. The molecule has 1 heterocycles. The number of aromatic nitrogens is 1. The van der Waals surface area contributed by atoms with Crippen molar-refractivity contribution in [1.82, 2.24) is 9.88 Å². The van der Waals surface area contributed by atoms with Gasteiger partial charge in [-0.25, -0.2) is 4.98 Å². The Morgan fingerprint density at radius 1 is 1.12 bits per heavy atom. The number of nitrogens with zero attached hydrogens (tertiary/aromatic N) is 2. The van der Waals surface area contributed by atoms with Crippen LogP contribution in [0.4, 0.5) is 11.5 Å². The maximum absolute atomic E-state index is 12.3. The number of hydrogen-bond donors (Lipinski definition) is 2. The molecule has 0 aliphatic rings. The van der Waals surface area contributed by atoms with E-state index in [0.29, 0.717) is 5.56 Å². The first kappa shape index (κ1) is 17.9. The maximum atomic E-state index is 12.3. The molecule has 0 radical (unpaired) electrons. The minimum Gasteiger partial charge on any atom is -0.370 e. The van der Waals surface area contributed by atoms with Gasteiger partial charge in [0.15, 0.2) is 0 Å². The van der Waals surface area contributed by atoms with Crippen molar-refractivity contribution in [2.75, 3.05) is 37.8 Å². The van der Waals surface area contributed by atoms with Crippen molar-refractivity contribution in [2.45, 2.75) is 20.3 Å². The molecule has 0 aliphatic carbocycles. The number of hydrogen-bond acceptors (Lipinski definition) is 4. The molecule has 24 heavy (non-hydrogen) atoms. The van der Waals surface area contributed by atoms with E-state index in [2.05, 4.69) is 41.5 Å². The maximum Gasteiger partial charge on any atom is 0.257 e. The number of rotatable bonds is 7. The van der Waals surface area contributed by atoms with Crippen LogP contribution in [0.25, 0.3) is 0 Å². The van der Waals surface area contributed by atoms with Crippen LogP contribution in [-0.4, -0.2) is 43.0 Å². The van der Waals surface area contributed by atoms with Crippen LogP contribution < -0.4 is 10.6 Å². The van der Waals surface area contributed by atoms with E-state index in [1.54, 1.807) is 12.3 Å². The minimum atomic E-state index is -0.148. The van der Waals surface area contributed by atoms with Crippen LogP contribution in [0.2, 0.25) is 0 Å². The summed E-state index contributed by atoms with van der Waals surface area (Å²) in [5, 5.41) is 6.17. The van der Waals surface area contributed by atoms with Crippen molar-refractivity contribution >= 4 is 17.4 Å². The molecule has 2 N–H and O–H groups in total. The van der Waals surface area contributed by atoms with Crippen molar-refractivity contribution < 1.29 is 4.79 Å². The Morgan fingerprint density at radius 2 is 1.92 bits per heavy atom. The third-order valence-electron chi connectivity index (χ3n) is 3.88. The smallest absolute Gasteiger partial charge is 0.257 e. The molecule has 0 saturated heterocycles. The number of aryl methyl sites for hydroxylation is 2. The predicted octanol–water partition coefficient (Wildman–Crippen LogP) is 3.31. The Labute approximate surface area is 144 Å². The standard InChI is InChI=1S/C19H26N4O/c1-14-6-8-17(12-15(14)2)22-19(24)16-7-9-18(21-13-16)20-10-5-11-23(3)4/h6-9,12-13H,5,10-11H2,1-4H3,(H,20,21)(H,22,24). The minimum absolute atomic E-state index is 0.148. The summed E-state index contributed by atoms with van der Waals surface area (Å²) >= 11 is 0. The highest BCUT2D eigenvalue weighted by atomic mass is 16.1. The average Bonchev–Trinajstić information content (AvgIpc) is 2.55. The summed E-state index contributed by atoms with van der Waals surface area (Å²) in [6.07, 6.45) is 2.65. The topological polar surface area (TPSA) is 57.3 Å². The molecule has 0 aliphatic heterocycles. The number of anilines is 2. The molecular formula is C19H26N4O. The lowest BCUT2D eigenvalue weighted by Crippen LogP contribution is -2.17. The van der Waals surface area contributed by atoms with Crippen LogP contribution in [0.5, 0.6) is 0 Å². The Kier molecular flexibility index (Phi) is 6.32. The second kappa shape index (κ2) is 8.45. The van der Waals surface area contributed by atoms with E-state index in [4.69, 9.17) is 0 Å². The molecule has 0 bridgehead atoms. The molecule has 1 aromatic carbocycles. The highest BCUT2D eigenvalue weighted by Crippen LogP contribution is 2.15. The molecule has 0 atom stereocenters. The number of carbonyl (C=O) groups excluding carboxylic acids is 1. The molecule has 0 unspecified atom stereocenters. The van der Waals surface area contributed by atoms with Gasteiger partial charge in [-0.15, -0.1) is 0 Å². The second-order valence-electron chi connectivity index (χ2n) is 6.27. The van der Waals surface area contributed by atoms with Gasteiger partial charge in [-0.2, -0.15) is 0 Å². The van der Waals surface area contributed by atoms with Crippen molar-refractivity contribution in [3.8, 4) is 0 Å². The molecule has 1 aromatic heterocycles. The van der Waals surface area contributed by atoms with Gasteiger partial charge in [-0.1, -0.05) is 6.07 Å². The van der Waals surface area contributed by atoms with Crippen molar-refractivity contribution in [1.29, 1.82) is 0 Å². The van der Waals surface area contributed by atoms with Gasteiger partial charge in [-0.05, 0) is 76.3 Å². The van der Waals surface area contributed by atoms with Crippen LogP contribution in [0.3, 0.4) is 0 Å². The van der Waals surface area contributed by atoms with E-state index < -0.39 is 0 Å². The van der Waals surface area contributed by atoms with Gasteiger partial charge in [0.1, 0.15) is 5.82 Å². The van der Waals surface area contributed by atoms with Gasteiger partial charge in [0.25, 0.3) is 5.91 Å². The third-order valence-corrected chi connectivity index (χ3v) is 3.88. The molecule has 5 heteroatoms. The zero-order valence-corrected chi connectivity index (χ0v) is 14.9. The summed E-state index contributed by atoms with van der Waals surface area (Å²) in [6.45, 7) is 5.97. The lowest BCUT2D eigenvalue weighted by atomic mass is 10.1. The fraction of sp³-hybridized carbons (Fsp3) is 0.368. The lowest BCUT2D eigenvalue weighted by molar-refractivity contribution is 0.102. The highest BCUT2D eigenvalue weighted by molar-refractivity contribution is 6.04. The normalized spacial score (nSPS) is 10.7. The largest absolute Gasteiger partial charge is 0.370 e. The van der Waals surface area contributed by atoms with Crippen LogP contribution in [0, 0.1) is 13.8 Å². The number of amides is 1. The fourth-order valence-electron chi connectivity index (χ4n) is 2.27. The Hall–Kier alpha value is -2.40. The van der Waals surface area contributed by atoms with E-state index in [1.807, 2.05) is 31.2 Å². The summed E-state index contributed by atoms with van der Waals surface area (Å²) in [5.74, 6) is 0.640. The van der Waals surface area contributed by atoms with Gasteiger partial charge in [0.05, 0.1) is 5.56 Å². The first-order valence-electron chi connectivity index (χ1n) is 8.19. The van der Waals surface area contributed by atoms with Gasteiger partial charge in [0.2, 0.25) is 0 Å². The van der Waals surface area contributed by atoms with Gasteiger partial charge in [0, 0.05) is 18.4 Å².